The standard InChI is InChI=1S/C19H18F4N2O2/c1-18(2,16(26)24-11-12-3-7-14(20)8-4-12)17(27)25-15-9-5-13(6-10-15)19(21,22)23/h3-10H,11H2,1-2H3,(H,24,26)(H,25,27). The Morgan fingerprint density at radius 3 is 1.96 bits per heavy atom. The van der Waals surface area contributed by atoms with Crippen molar-refractivity contribution in [2.45, 2.75) is 26.6 Å². The van der Waals surface area contributed by atoms with E-state index in [1.807, 2.05) is 0 Å². The van der Waals surface area contributed by atoms with Crippen molar-refractivity contribution in [3.8, 4) is 0 Å². The molecule has 2 aromatic carbocycles. The summed E-state index contributed by atoms with van der Waals surface area (Å²) < 4.78 is 50.6. The molecule has 2 N–H and O–H groups in total. The number of nitrogens with one attached hydrogen (secondary N) is 2. The van der Waals surface area contributed by atoms with Crippen molar-refractivity contribution < 1.29 is 27.2 Å². The Balaban J connectivity index is 1.98. The number of benzene rings is 2. The van der Waals surface area contributed by atoms with Gasteiger partial charge < -0.3 is 10.6 Å². The summed E-state index contributed by atoms with van der Waals surface area (Å²) in [4.78, 5) is 24.7. The minimum atomic E-state index is -4.47. The average Bonchev–Trinajstić information content (AvgIpc) is 2.60. The number of rotatable bonds is 5. The fraction of sp³-hybridized carbons (Fsp3) is 0.263. The zero-order chi connectivity index (χ0) is 20.2. The van der Waals surface area contributed by atoms with Crippen molar-refractivity contribution in [2.24, 2.45) is 5.41 Å². The third kappa shape index (κ3) is 5.29. The topological polar surface area (TPSA) is 58.2 Å². The van der Waals surface area contributed by atoms with Gasteiger partial charge in [-0.25, -0.2) is 4.39 Å². The van der Waals surface area contributed by atoms with Crippen LogP contribution in [0.15, 0.2) is 48.5 Å². The monoisotopic (exact) mass is 382 g/mol. The Kier molecular flexibility index (Phi) is 5.88. The second-order valence-corrected chi connectivity index (χ2v) is 6.46. The molecule has 2 aromatic rings. The van der Waals surface area contributed by atoms with Gasteiger partial charge in [-0.05, 0) is 55.8 Å². The zero-order valence-electron chi connectivity index (χ0n) is 14.7. The quantitative estimate of drug-likeness (QED) is 0.604. The van der Waals surface area contributed by atoms with Crippen LogP contribution in [0, 0.1) is 11.2 Å². The van der Waals surface area contributed by atoms with Crippen LogP contribution in [0.2, 0.25) is 0 Å². The second-order valence-electron chi connectivity index (χ2n) is 6.46. The van der Waals surface area contributed by atoms with Gasteiger partial charge in [-0.2, -0.15) is 13.2 Å². The van der Waals surface area contributed by atoms with Gasteiger partial charge in [-0.3, -0.25) is 9.59 Å². The lowest BCUT2D eigenvalue weighted by Gasteiger charge is -2.23. The first kappa shape index (κ1) is 20.4. The van der Waals surface area contributed by atoms with Crippen molar-refractivity contribution >= 4 is 17.5 Å². The Bertz CT molecular complexity index is 813. The van der Waals surface area contributed by atoms with E-state index in [1.165, 1.54) is 38.1 Å². The molecular formula is C19H18F4N2O2. The van der Waals surface area contributed by atoms with Gasteiger partial charge in [0.05, 0.1) is 5.56 Å². The lowest BCUT2D eigenvalue weighted by Crippen LogP contribution is -2.44. The van der Waals surface area contributed by atoms with Crippen LogP contribution in [0.1, 0.15) is 25.0 Å². The number of carbonyl (C=O) groups is 2. The summed E-state index contributed by atoms with van der Waals surface area (Å²) in [6, 6.07) is 9.44. The number of carbonyl (C=O) groups excluding carboxylic acids is 2. The van der Waals surface area contributed by atoms with Crippen LogP contribution in [0.25, 0.3) is 0 Å². The minimum Gasteiger partial charge on any atom is -0.351 e. The largest absolute Gasteiger partial charge is 0.416 e. The Labute approximate surface area is 153 Å². The van der Waals surface area contributed by atoms with Crippen LogP contribution in [0.5, 0.6) is 0 Å². The van der Waals surface area contributed by atoms with Crippen LogP contribution < -0.4 is 10.6 Å². The molecule has 0 heterocycles. The molecule has 0 spiro atoms. The van der Waals surface area contributed by atoms with E-state index in [4.69, 9.17) is 0 Å². The maximum atomic E-state index is 12.9. The van der Waals surface area contributed by atoms with Gasteiger partial charge in [-0.15, -0.1) is 0 Å². The molecule has 0 saturated heterocycles. The number of halogens is 4. The molecule has 0 fully saturated rings. The molecule has 0 atom stereocenters. The van der Waals surface area contributed by atoms with Crippen molar-refractivity contribution in [3.63, 3.8) is 0 Å². The maximum absolute atomic E-state index is 12.9. The summed E-state index contributed by atoms with van der Waals surface area (Å²) in [5, 5.41) is 5.01. The summed E-state index contributed by atoms with van der Waals surface area (Å²) >= 11 is 0. The smallest absolute Gasteiger partial charge is 0.351 e. The number of hydrogen-bond donors (Lipinski definition) is 2. The molecule has 8 heteroatoms. The fourth-order valence-corrected chi connectivity index (χ4v) is 2.14. The van der Waals surface area contributed by atoms with E-state index in [1.54, 1.807) is 0 Å². The maximum Gasteiger partial charge on any atom is 0.416 e. The fourth-order valence-electron chi connectivity index (χ4n) is 2.14. The van der Waals surface area contributed by atoms with Gasteiger partial charge in [0.1, 0.15) is 11.2 Å². The van der Waals surface area contributed by atoms with Gasteiger partial charge in [0.2, 0.25) is 11.8 Å². The van der Waals surface area contributed by atoms with Crippen LogP contribution in [-0.2, 0) is 22.3 Å². The molecule has 144 valence electrons. The molecule has 2 amide bonds. The molecule has 0 aliphatic carbocycles. The van der Waals surface area contributed by atoms with Gasteiger partial charge in [0.15, 0.2) is 0 Å². The molecule has 0 aliphatic heterocycles. The summed E-state index contributed by atoms with van der Waals surface area (Å²) in [7, 11) is 0. The van der Waals surface area contributed by atoms with E-state index in [2.05, 4.69) is 10.6 Å². The Hall–Kier alpha value is -2.90. The van der Waals surface area contributed by atoms with Crippen molar-refractivity contribution in [1.82, 2.24) is 5.32 Å². The summed E-state index contributed by atoms with van der Waals surface area (Å²) in [5.74, 6) is -1.64. The van der Waals surface area contributed by atoms with Gasteiger partial charge in [0, 0.05) is 12.2 Å². The molecule has 0 radical (unpaired) electrons. The summed E-state index contributed by atoms with van der Waals surface area (Å²) in [6.07, 6.45) is -4.47. The highest BCUT2D eigenvalue weighted by Crippen LogP contribution is 2.30. The van der Waals surface area contributed by atoms with Crippen molar-refractivity contribution in [1.29, 1.82) is 0 Å². The minimum absolute atomic E-state index is 0.107. The lowest BCUT2D eigenvalue weighted by molar-refractivity contribution is -0.139. The third-order valence-corrected chi connectivity index (χ3v) is 3.97. The molecule has 2 rings (SSSR count). The van der Waals surface area contributed by atoms with Crippen molar-refractivity contribution in [2.75, 3.05) is 5.32 Å². The first-order chi connectivity index (χ1) is 12.5. The van der Waals surface area contributed by atoms with Crippen LogP contribution in [-0.4, -0.2) is 11.8 Å². The van der Waals surface area contributed by atoms with E-state index in [0.29, 0.717) is 5.56 Å². The molecule has 0 aromatic heterocycles. The molecule has 4 nitrogen and oxygen atoms in total. The first-order valence-electron chi connectivity index (χ1n) is 8.01. The van der Waals surface area contributed by atoms with Gasteiger partial charge in [-0.1, -0.05) is 12.1 Å². The number of alkyl halides is 3. The number of anilines is 1. The Morgan fingerprint density at radius 1 is 0.889 bits per heavy atom. The number of hydrogen-bond acceptors (Lipinski definition) is 2. The third-order valence-electron chi connectivity index (χ3n) is 3.97. The molecular weight excluding hydrogens is 364 g/mol. The molecule has 27 heavy (non-hydrogen) atoms. The summed E-state index contributed by atoms with van der Waals surface area (Å²) in [5.41, 5.74) is -1.50. The highest BCUT2D eigenvalue weighted by molar-refractivity contribution is 6.09. The summed E-state index contributed by atoms with van der Waals surface area (Å²) in [6.45, 7) is 2.90. The highest BCUT2D eigenvalue weighted by atomic mass is 19.4. The van der Waals surface area contributed by atoms with E-state index in [-0.39, 0.29) is 12.2 Å². The Morgan fingerprint density at radius 2 is 1.44 bits per heavy atom. The van der Waals surface area contributed by atoms with E-state index < -0.39 is 34.8 Å². The predicted octanol–water partition coefficient (Wildman–Crippen LogP) is 4.13. The molecule has 0 bridgehead atoms. The second kappa shape index (κ2) is 7.77. The zero-order valence-corrected chi connectivity index (χ0v) is 14.7. The van der Waals surface area contributed by atoms with Crippen LogP contribution in [0.3, 0.4) is 0 Å². The van der Waals surface area contributed by atoms with E-state index in [0.717, 1.165) is 24.3 Å². The molecule has 0 saturated carbocycles. The lowest BCUT2D eigenvalue weighted by atomic mass is 9.90. The average molecular weight is 382 g/mol. The predicted molar refractivity (Wildman–Crippen MR) is 92.1 cm³/mol. The van der Waals surface area contributed by atoms with Crippen molar-refractivity contribution in [3.05, 3.63) is 65.5 Å². The number of amides is 2. The molecule has 0 aliphatic rings. The normalized spacial score (nSPS) is 11.8. The van der Waals surface area contributed by atoms with Crippen LogP contribution in [0.4, 0.5) is 23.2 Å². The van der Waals surface area contributed by atoms with Gasteiger partial charge in [0.25, 0.3) is 0 Å². The SMILES string of the molecule is CC(C)(C(=O)NCc1ccc(F)cc1)C(=O)Nc1ccc(C(F)(F)F)cc1. The van der Waals surface area contributed by atoms with E-state index >= 15 is 0 Å². The molecule has 0 unspecified atom stereocenters. The van der Waals surface area contributed by atoms with Gasteiger partial charge >= 0.3 is 6.18 Å². The van der Waals surface area contributed by atoms with Crippen LogP contribution >= 0.6 is 0 Å². The highest BCUT2D eigenvalue weighted by Gasteiger charge is 2.36. The van der Waals surface area contributed by atoms with E-state index in [9.17, 15) is 27.2 Å². The first-order valence-corrected chi connectivity index (χ1v) is 8.01.